The number of nitrogen functional groups attached to an aromatic ring is 1. The molecule has 118 valence electrons. The van der Waals surface area contributed by atoms with E-state index in [2.05, 4.69) is 4.72 Å². The highest BCUT2D eigenvalue weighted by molar-refractivity contribution is 7.89. The first-order valence-electron chi connectivity index (χ1n) is 7.79. The smallest absolute Gasteiger partial charge is 0.241 e. The van der Waals surface area contributed by atoms with Gasteiger partial charge >= 0.3 is 0 Å². The van der Waals surface area contributed by atoms with E-state index in [1.54, 1.807) is 6.07 Å². The van der Waals surface area contributed by atoms with Crippen LogP contribution in [0.5, 0.6) is 0 Å². The molecule has 0 radical (unpaired) electrons. The van der Waals surface area contributed by atoms with Gasteiger partial charge < -0.3 is 5.73 Å². The van der Waals surface area contributed by atoms with Crippen molar-refractivity contribution in [2.24, 2.45) is 0 Å². The Morgan fingerprint density at radius 3 is 2.24 bits per heavy atom. The van der Waals surface area contributed by atoms with Gasteiger partial charge in [0.1, 0.15) is 0 Å². The van der Waals surface area contributed by atoms with Gasteiger partial charge in [0.2, 0.25) is 10.0 Å². The fourth-order valence-electron chi connectivity index (χ4n) is 2.99. The Morgan fingerprint density at radius 2 is 1.62 bits per heavy atom. The molecule has 0 saturated heterocycles. The van der Waals surface area contributed by atoms with E-state index in [0.717, 1.165) is 36.8 Å². The summed E-state index contributed by atoms with van der Waals surface area (Å²) in [5.41, 5.74) is 8.00. The van der Waals surface area contributed by atoms with Crippen LogP contribution in [0.3, 0.4) is 0 Å². The van der Waals surface area contributed by atoms with Crippen molar-refractivity contribution >= 4 is 15.7 Å². The van der Waals surface area contributed by atoms with Crippen molar-refractivity contribution in [2.45, 2.75) is 69.7 Å². The van der Waals surface area contributed by atoms with E-state index >= 15 is 0 Å². The van der Waals surface area contributed by atoms with Crippen LogP contribution in [0.4, 0.5) is 5.69 Å². The Bertz CT molecular complexity index is 589. The summed E-state index contributed by atoms with van der Waals surface area (Å²) >= 11 is 0. The van der Waals surface area contributed by atoms with E-state index in [1.165, 1.54) is 19.3 Å². The van der Waals surface area contributed by atoms with E-state index in [-0.39, 0.29) is 6.04 Å². The van der Waals surface area contributed by atoms with Crippen LogP contribution in [0.1, 0.15) is 56.1 Å². The Hall–Kier alpha value is -1.07. The molecule has 0 aromatic heterocycles. The van der Waals surface area contributed by atoms with Crippen molar-refractivity contribution in [3.8, 4) is 0 Å². The third kappa shape index (κ3) is 4.20. The number of hydrogen-bond donors (Lipinski definition) is 2. The number of sulfonamides is 1. The van der Waals surface area contributed by atoms with Gasteiger partial charge in [0.05, 0.1) is 4.90 Å². The molecule has 0 unspecified atom stereocenters. The molecule has 2 rings (SSSR count). The Labute approximate surface area is 128 Å². The summed E-state index contributed by atoms with van der Waals surface area (Å²) in [5.74, 6) is 0. The van der Waals surface area contributed by atoms with Crippen molar-refractivity contribution < 1.29 is 8.42 Å². The van der Waals surface area contributed by atoms with Gasteiger partial charge in [0.15, 0.2) is 0 Å². The summed E-state index contributed by atoms with van der Waals surface area (Å²) in [6.45, 7) is 3.72. The maximum absolute atomic E-state index is 12.7. The van der Waals surface area contributed by atoms with E-state index in [4.69, 9.17) is 5.73 Å². The molecule has 0 amide bonds. The molecule has 4 nitrogen and oxygen atoms in total. The average Bonchev–Trinajstić information content (AvgIpc) is 2.36. The molecule has 1 aromatic rings. The lowest BCUT2D eigenvalue weighted by atomic mass is 9.97. The van der Waals surface area contributed by atoms with Gasteiger partial charge in [-0.2, -0.15) is 0 Å². The van der Waals surface area contributed by atoms with Crippen LogP contribution < -0.4 is 10.5 Å². The van der Waals surface area contributed by atoms with Gasteiger partial charge in [-0.1, -0.05) is 32.1 Å². The lowest BCUT2D eigenvalue weighted by Gasteiger charge is -2.22. The minimum atomic E-state index is -3.49. The molecule has 0 heterocycles. The average molecular weight is 310 g/mol. The first-order chi connectivity index (χ1) is 9.90. The Kier molecular flexibility index (Phi) is 5.27. The quantitative estimate of drug-likeness (QED) is 0.842. The summed E-state index contributed by atoms with van der Waals surface area (Å²) < 4.78 is 28.2. The van der Waals surface area contributed by atoms with E-state index in [0.29, 0.717) is 10.6 Å². The summed E-state index contributed by atoms with van der Waals surface area (Å²) in [6, 6.07) is 3.43. The highest BCUT2D eigenvalue weighted by Crippen LogP contribution is 2.24. The van der Waals surface area contributed by atoms with E-state index in [1.807, 2.05) is 19.9 Å². The molecule has 1 aromatic carbocycles. The third-order valence-corrected chi connectivity index (χ3v) is 6.01. The normalized spacial score (nSPS) is 18.2. The number of rotatable bonds is 3. The fraction of sp³-hybridized carbons (Fsp3) is 0.625. The molecule has 1 fully saturated rings. The Balaban J connectivity index is 2.21. The van der Waals surface area contributed by atoms with Crippen LogP contribution in [-0.2, 0) is 10.0 Å². The second-order valence-corrected chi connectivity index (χ2v) is 7.81. The van der Waals surface area contributed by atoms with Crippen molar-refractivity contribution in [3.05, 3.63) is 23.3 Å². The van der Waals surface area contributed by atoms with Gasteiger partial charge in [-0.05, 0) is 49.9 Å². The summed E-state index contributed by atoms with van der Waals surface area (Å²) in [6.07, 6.45) is 7.74. The third-order valence-electron chi connectivity index (χ3n) is 4.36. The highest BCUT2D eigenvalue weighted by atomic mass is 32.2. The zero-order valence-corrected chi connectivity index (χ0v) is 13.8. The highest BCUT2D eigenvalue weighted by Gasteiger charge is 2.23. The van der Waals surface area contributed by atoms with Gasteiger partial charge in [-0.15, -0.1) is 0 Å². The minimum absolute atomic E-state index is 0.0523. The molecule has 5 heteroatoms. The molecular weight excluding hydrogens is 284 g/mol. The molecule has 1 saturated carbocycles. The zero-order valence-electron chi connectivity index (χ0n) is 13.0. The van der Waals surface area contributed by atoms with Crippen LogP contribution in [0.25, 0.3) is 0 Å². The zero-order chi connectivity index (χ0) is 15.5. The molecule has 1 aliphatic carbocycles. The van der Waals surface area contributed by atoms with Crippen LogP contribution >= 0.6 is 0 Å². The molecule has 0 bridgehead atoms. The largest absolute Gasteiger partial charge is 0.399 e. The molecule has 0 spiro atoms. The molecule has 1 aliphatic rings. The lowest BCUT2D eigenvalue weighted by Crippen LogP contribution is -2.35. The molecule has 21 heavy (non-hydrogen) atoms. The van der Waals surface area contributed by atoms with E-state index in [9.17, 15) is 8.42 Å². The van der Waals surface area contributed by atoms with E-state index < -0.39 is 10.0 Å². The number of nitrogens with two attached hydrogens (primary N) is 1. The minimum Gasteiger partial charge on any atom is -0.399 e. The molecule has 0 aliphatic heterocycles. The predicted molar refractivity (Wildman–Crippen MR) is 86.8 cm³/mol. The van der Waals surface area contributed by atoms with Gasteiger partial charge in [0, 0.05) is 11.7 Å². The first-order valence-corrected chi connectivity index (χ1v) is 9.27. The first kappa shape index (κ1) is 16.3. The van der Waals surface area contributed by atoms with Crippen molar-refractivity contribution in [1.82, 2.24) is 4.72 Å². The van der Waals surface area contributed by atoms with Crippen LogP contribution in [0.2, 0.25) is 0 Å². The standard InChI is InChI=1S/C16H26N2O2S/c1-12-10-14(17)11-16(13(12)2)21(19,20)18-15-8-6-4-3-5-7-9-15/h10-11,15,18H,3-9,17H2,1-2H3. The number of hydrogen-bond acceptors (Lipinski definition) is 3. The number of nitrogens with one attached hydrogen (secondary N) is 1. The predicted octanol–water partition coefficient (Wildman–Crippen LogP) is 3.28. The van der Waals surface area contributed by atoms with Crippen molar-refractivity contribution in [2.75, 3.05) is 5.73 Å². The van der Waals surface area contributed by atoms with Gasteiger partial charge in [0.25, 0.3) is 0 Å². The van der Waals surface area contributed by atoms with Crippen molar-refractivity contribution in [1.29, 1.82) is 0 Å². The second kappa shape index (κ2) is 6.79. The van der Waals surface area contributed by atoms with Crippen molar-refractivity contribution in [3.63, 3.8) is 0 Å². The SMILES string of the molecule is Cc1cc(N)cc(S(=O)(=O)NC2CCCCCCC2)c1C. The summed E-state index contributed by atoms with van der Waals surface area (Å²) in [4.78, 5) is 0.321. The Morgan fingerprint density at radius 1 is 1.05 bits per heavy atom. The van der Waals surface area contributed by atoms with Gasteiger partial charge in [-0.25, -0.2) is 13.1 Å². The second-order valence-electron chi connectivity index (χ2n) is 6.12. The van der Waals surface area contributed by atoms with Crippen LogP contribution in [0.15, 0.2) is 17.0 Å². The monoisotopic (exact) mass is 310 g/mol. The number of anilines is 1. The fourth-order valence-corrected chi connectivity index (χ4v) is 4.65. The number of benzene rings is 1. The maximum atomic E-state index is 12.7. The lowest BCUT2D eigenvalue weighted by molar-refractivity contribution is 0.426. The van der Waals surface area contributed by atoms with Crippen LogP contribution in [-0.4, -0.2) is 14.5 Å². The molecule has 0 atom stereocenters. The summed E-state index contributed by atoms with van der Waals surface area (Å²) in [7, 11) is -3.49. The van der Waals surface area contributed by atoms with Crippen LogP contribution in [0, 0.1) is 13.8 Å². The maximum Gasteiger partial charge on any atom is 0.241 e. The number of aryl methyl sites for hydroxylation is 1. The topological polar surface area (TPSA) is 72.2 Å². The summed E-state index contributed by atoms with van der Waals surface area (Å²) in [5, 5.41) is 0. The molecular formula is C16H26N2O2S. The molecule has 3 N–H and O–H groups in total. The van der Waals surface area contributed by atoms with Gasteiger partial charge in [-0.3, -0.25) is 0 Å².